The van der Waals surface area contributed by atoms with Crippen LogP contribution in [0, 0.1) is 5.92 Å². The summed E-state index contributed by atoms with van der Waals surface area (Å²) in [6.45, 7) is 3.42. The number of hydrogen-bond acceptors (Lipinski definition) is 4. The lowest BCUT2D eigenvalue weighted by atomic mass is 10.1. The van der Waals surface area contributed by atoms with Gasteiger partial charge >= 0.3 is 5.97 Å². The van der Waals surface area contributed by atoms with Gasteiger partial charge in [-0.25, -0.2) is 4.79 Å². The minimum atomic E-state index is -1.19. The number of nitrogens with one attached hydrogen (secondary N) is 2. The molecule has 0 bridgehead atoms. The molecular formula is C14H19N3O4. The number of aromatic carboxylic acids is 1. The summed E-state index contributed by atoms with van der Waals surface area (Å²) in [5.41, 5.74) is 5.84. The fourth-order valence-electron chi connectivity index (χ4n) is 1.75. The highest BCUT2D eigenvalue weighted by Gasteiger charge is 2.17. The highest BCUT2D eigenvalue weighted by Crippen LogP contribution is 2.21. The van der Waals surface area contributed by atoms with Crippen molar-refractivity contribution in [1.82, 2.24) is 0 Å². The molecule has 1 atom stereocenters. The fourth-order valence-corrected chi connectivity index (χ4v) is 1.75. The summed E-state index contributed by atoms with van der Waals surface area (Å²) in [5.74, 6) is -2.11. The lowest BCUT2D eigenvalue weighted by Crippen LogP contribution is -2.24. The van der Waals surface area contributed by atoms with E-state index in [1.165, 1.54) is 25.1 Å². The number of carbonyl (C=O) groups excluding carboxylic acids is 2. The van der Waals surface area contributed by atoms with Crippen molar-refractivity contribution in [1.29, 1.82) is 0 Å². The van der Waals surface area contributed by atoms with E-state index in [1.807, 2.05) is 0 Å². The molecule has 5 N–H and O–H groups in total. The number of carboxylic acid groups (broad SMARTS) is 1. The highest BCUT2D eigenvalue weighted by molar-refractivity contribution is 6.02. The molecular weight excluding hydrogens is 274 g/mol. The van der Waals surface area contributed by atoms with E-state index in [2.05, 4.69) is 10.6 Å². The minimum Gasteiger partial charge on any atom is -0.478 e. The first kappa shape index (κ1) is 16.6. The van der Waals surface area contributed by atoms with Gasteiger partial charge in [0.15, 0.2) is 0 Å². The Morgan fingerprint density at radius 3 is 2.48 bits per heavy atom. The second-order valence-electron chi connectivity index (χ2n) is 4.71. The van der Waals surface area contributed by atoms with Crippen molar-refractivity contribution in [3.05, 3.63) is 23.8 Å². The van der Waals surface area contributed by atoms with E-state index in [0.29, 0.717) is 18.7 Å². The monoisotopic (exact) mass is 293 g/mol. The predicted molar refractivity (Wildman–Crippen MR) is 79.2 cm³/mol. The van der Waals surface area contributed by atoms with Gasteiger partial charge in [0.05, 0.1) is 11.3 Å². The van der Waals surface area contributed by atoms with E-state index >= 15 is 0 Å². The Morgan fingerprint density at radius 2 is 1.95 bits per heavy atom. The van der Waals surface area contributed by atoms with Crippen LogP contribution in [0.2, 0.25) is 0 Å². The maximum absolute atomic E-state index is 11.9. The lowest BCUT2D eigenvalue weighted by Gasteiger charge is -2.14. The summed E-state index contributed by atoms with van der Waals surface area (Å²) in [4.78, 5) is 34.1. The van der Waals surface area contributed by atoms with E-state index < -0.39 is 5.97 Å². The van der Waals surface area contributed by atoms with E-state index in [9.17, 15) is 19.5 Å². The van der Waals surface area contributed by atoms with Gasteiger partial charge in [-0.3, -0.25) is 9.59 Å². The molecule has 0 saturated carbocycles. The SMILES string of the molecule is CC(=O)Nc1ccc(NC(=O)C(C)CCN)c(C(=O)O)c1. The summed E-state index contributed by atoms with van der Waals surface area (Å²) in [6, 6.07) is 4.27. The van der Waals surface area contributed by atoms with Gasteiger partial charge < -0.3 is 21.5 Å². The Kier molecular flexibility index (Phi) is 5.86. The maximum Gasteiger partial charge on any atom is 0.337 e. The van der Waals surface area contributed by atoms with Crippen molar-refractivity contribution in [2.75, 3.05) is 17.2 Å². The molecule has 0 spiro atoms. The topological polar surface area (TPSA) is 122 Å². The van der Waals surface area contributed by atoms with Crippen molar-refractivity contribution in [2.24, 2.45) is 11.7 Å². The van der Waals surface area contributed by atoms with Gasteiger partial charge in [-0.05, 0) is 31.2 Å². The Labute approximate surface area is 122 Å². The van der Waals surface area contributed by atoms with Gasteiger partial charge in [-0.2, -0.15) is 0 Å². The smallest absolute Gasteiger partial charge is 0.337 e. The van der Waals surface area contributed by atoms with Crippen molar-refractivity contribution in [3.63, 3.8) is 0 Å². The molecule has 2 amide bonds. The van der Waals surface area contributed by atoms with Gasteiger partial charge in [0.25, 0.3) is 0 Å². The molecule has 0 aliphatic carbocycles. The maximum atomic E-state index is 11.9. The molecule has 1 rings (SSSR count). The largest absolute Gasteiger partial charge is 0.478 e. The molecule has 7 nitrogen and oxygen atoms in total. The summed E-state index contributed by atoms with van der Waals surface area (Å²) in [5, 5.41) is 14.3. The number of benzene rings is 1. The first-order valence-electron chi connectivity index (χ1n) is 6.51. The standard InChI is InChI=1S/C14H19N3O4/c1-8(5-6-15)13(19)17-12-4-3-10(16-9(2)18)7-11(12)14(20)21/h3-4,7-8H,5-6,15H2,1-2H3,(H,16,18)(H,17,19)(H,20,21). The molecule has 0 saturated heterocycles. The number of anilines is 2. The van der Waals surface area contributed by atoms with Crippen LogP contribution in [0.25, 0.3) is 0 Å². The average molecular weight is 293 g/mol. The molecule has 1 unspecified atom stereocenters. The van der Waals surface area contributed by atoms with Gasteiger partial charge in [-0.1, -0.05) is 6.92 Å². The van der Waals surface area contributed by atoms with Gasteiger partial charge in [-0.15, -0.1) is 0 Å². The molecule has 0 heterocycles. The van der Waals surface area contributed by atoms with Crippen LogP contribution in [-0.2, 0) is 9.59 Å². The van der Waals surface area contributed by atoms with Crippen LogP contribution in [0.3, 0.4) is 0 Å². The summed E-state index contributed by atoms with van der Waals surface area (Å²) >= 11 is 0. The molecule has 7 heteroatoms. The second kappa shape index (κ2) is 7.39. The van der Waals surface area contributed by atoms with Gasteiger partial charge in [0.2, 0.25) is 11.8 Å². The molecule has 1 aromatic carbocycles. The molecule has 0 aromatic heterocycles. The normalized spacial score (nSPS) is 11.6. The number of amides is 2. The van der Waals surface area contributed by atoms with E-state index in [0.717, 1.165) is 0 Å². The van der Waals surface area contributed by atoms with E-state index in [-0.39, 0.29) is 29.0 Å². The van der Waals surface area contributed by atoms with Crippen LogP contribution in [0.15, 0.2) is 18.2 Å². The van der Waals surface area contributed by atoms with Crippen LogP contribution in [-0.4, -0.2) is 29.4 Å². The summed E-state index contributed by atoms with van der Waals surface area (Å²) in [6.07, 6.45) is 0.512. The van der Waals surface area contributed by atoms with E-state index in [1.54, 1.807) is 6.92 Å². The van der Waals surface area contributed by atoms with Crippen LogP contribution < -0.4 is 16.4 Å². The Balaban J connectivity index is 2.99. The van der Waals surface area contributed by atoms with Crippen molar-refractivity contribution in [3.8, 4) is 0 Å². The molecule has 0 aliphatic rings. The molecule has 0 fully saturated rings. The number of rotatable bonds is 6. The third-order valence-electron chi connectivity index (χ3n) is 2.88. The number of carbonyl (C=O) groups is 3. The average Bonchev–Trinajstić information content (AvgIpc) is 2.39. The third kappa shape index (κ3) is 4.88. The van der Waals surface area contributed by atoms with Crippen LogP contribution in [0.5, 0.6) is 0 Å². The molecule has 1 aromatic rings. The number of hydrogen-bond donors (Lipinski definition) is 4. The molecule has 21 heavy (non-hydrogen) atoms. The summed E-state index contributed by atoms with van der Waals surface area (Å²) < 4.78 is 0. The predicted octanol–water partition coefficient (Wildman–Crippen LogP) is 1.27. The first-order valence-corrected chi connectivity index (χ1v) is 6.51. The van der Waals surface area contributed by atoms with E-state index in [4.69, 9.17) is 5.73 Å². The molecule has 114 valence electrons. The Morgan fingerprint density at radius 1 is 1.29 bits per heavy atom. The Hall–Kier alpha value is -2.41. The zero-order valence-electron chi connectivity index (χ0n) is 12.0. The third-order valence-corrected chi connectivity index (χ3v) is 2.88. The number of carboxylic acids is 1. The first-order chi connectivity index (χ1) is 9.85. The Bertz CT molecular complexity index is 557. The van der Waals surface area contributed by atoms with Crippen molar-refractivity contribution in [2.45, 2.75) is 20.3 Å². The summed E-state index contributed by atoms with van der Waals surface area (Å²) in [7, 11) is 0. The minimum absolute atomic E-state index is 0.0884. The number of nitrogens with two attached hydrogens (primary N) is 1. The molecule has 0 aliphatic heterocycles. The van der Waals surface area contributed by atoms with Crippen LogP contribution in [0.1, 0.15) is 30.6 Å². The van der Waals surface area contributed by atoms with Gasteiger partial charge in [0, 0.05) is 18.5 Å². The van der Waals surface area contributed by atoms with Gasteiger partial charge in [0.1, 0.15) is 0 Å². The lowest BCUT2D eigenvalue weighted by molar-refractivity contribution is -0.119. The highest BCUT2D eigenvalue weighted by atomic mass is 16.4. The van der Waals surface area contributed by atoms with Crippen LogP contribution in [0.4, 0.5) is 11.4 Å². The molecule has 0 radical (unpaired) electrons. The zero-order chi connectivity index (χ0) is 16.0. The van der Waals surface area contributed by atoms with Crippen molar-refractivity contribution < 1.29 is 19.5 Å². The zero-order valence-corrected chi connectivity index (χ0v) is 12.0. The quantitative estimate of drug-likeness (QED) is 0.629. The second-order valence-corrected chi connectivity index (χ2v) is 4.71. The van der Waals surface area contributed by atoms with Crippen molar-refractivity contribution >= 4 is 29.2 Å². The van der Waals surface area contributed by atoms with Crippen LogP contribution >= 0.6 is 0 Å². The fraction of sp³-hybridized carbons (Fsp3) is 0.357.